The molecule has 1 aliphatic heterocycles. The molecule has 9 heteroatoms. The van der Waals surface area contributed by atoms with Gasteiger partial charge >= 0.3 is 5.63 Å². The van der Waals surface area contributed by atoms with Crippen molar-refractivity contribution in [3.8, 4) is 5.75 Å². The molecule has 4 rings (SSSR count). The Morgan fingerprint density at radius 2 is 1.83 bits per heavy atom. The lowest BCUT2D eigenvalue weighted by molar-refractivity contribution is 0.182. The summed E-state index contributed by atoms with van der Waals surface area (Å²) in [5.41, 5.74) is 1.20. The second-order valence-corrected chi connectivity index (χ2v) is 9.69. The van der Waals surface area contributed by atoms with Gasteiger partial charge in [-0.05, 0) is 42.8 Å². The fourth-order valence-corrected chi connectivity index (χ4v) is 5.42. The molecule has 0 saturated carbocycles. The molecule has 1 aromatic heterocycles. The number of nitrogens with zero attached hydrogens (tertiary/aromatic N) is 2. The summed E-state index contributed by atoms with van der Waals surface area (Å²) in [4.78, 5) is 14.3. The van der Waals surface area contributed by atoms with Crippen molar-refractivity contribution in [2.24, 2.45) is 0 Å². The van der Waals surface area contributed by atoms with E-state index in [1.807, 2.05) is 0 Å². The van der Waals surface area contributed by atoms with Gasteiger partial charge in [0.25, 0.3) is 0 Å². The van der Waals surface area contributed by atoms with E-state index in [4.69, 9.17) is 16.0 Å². The minimum absolute atomic E-state index is 0.0719. The lowest BCUT2D eigenvalue weighted by atomic mass is 10.1. The van der Waals surface area contributed by atoms with Gasteiger partial charge in [-0.15, -0.1) is 0 Å². The zero-order valence-electron chi connectivity index (χ0n) is 16.3. The Kier molecular flexibility index (Phi) is 5.59. The first-order valence-corrected chi connectivity index (χ1v) is 11.3. The molecule has 1 aliphatic rings. The maximum Gasteiger partial charge on any atom is 0.336 e. The number of halogens is 1. The first kappa shape index (κ1) is 20.9. The van der Waals surface area contributed by atoms with E-state index in [-0.39, 0.29) is 10.6 Å². The summed E-state index contributed by atoms with van der Waals surface area (Å²) in [5.74, 6) is 0.0719. The van der Waals surface area contributed by atoms with E-state index in [0.717, 1.165) is 10.9 Å². The number of benzene rings is 2. The summed E-state index contributed by atoms with van der Waals surface area (Å²) in [7, 11) is -3.60. The molecule has 3 aromatic rings. The monoisotopic (exact) mass is 448 g/mol. The van der Waals surface area contributed by atoms with Gasteiger partial charge in [0.05, 0.1) is 4.90 Å². The van der Waals surface area contributed by atoms with Crippen molar-refractivity contribution in [1.29, 1.82) is 0 Å². The Labute approximate surface area is 179 Å². The van der Waals surface area contributed by atoms with Crippen molar-refractivity contribution in [2.75, 3.05) is 26.2 Å². The molecule has 2 aromatic carbocycles. The fourth-order valence-electron chi connectivity index (χ4n) is 3.69. The first-order valence-electron chi connectivity index (χ1n) is 9.49. The number of sulfonamides is 1. The van der Waals surface area contributed by atoms with Crippen LogP contribution in [0.4, 0.5) is 0 Å². The summed E-state index contributed by atoms with van der Waals surface area (Å²) >= 11 is 5.94. The van der Waals surface area contributed by atoms with Crippen molar-refractivity contribution >= 4 is 32.6 Å². The first-order chi connectivity index (χ1) is 14.3. The van der Waals surface area contributed by atoms with Crippen LogP contribution in [0.25, 0.3) is 11.0 Å². The highest BCUT2D eigenvalue weighted by molar-refractivity contribution is 7.89. The maximum absolute atomic E-state index is 12.9. The van der Waals surface area contributed by atoms with Gasteiger partial charge in [-0.2, -0.15) is 4.31 Å². The summed E-state index contributed by atoms with van der Waals surface area (Å²) in [6, 6.07) is 11.0. The highest BCUT2D eigenvalue weighted by atomic mass is 35.5. The van der Waals surface area contributed by atoms with Crippen LogP contribution >= 0.6 is 11.6 Å². The number of phenolic OH excluding ortho intramolecular Hbond substituents is 1. The summed E-state index contributed by atoms with van der Waals surface area (Å²) in [6.07, 6.45) is 0. The Morgan fingerprint density at radius 1 is 1.10 bits per heavy atom. The van der Waals surface area contributed by atoms with Gasteiger partial charge < -0.3 is 9.52 Å². The topological polar surface area (TPSA) is 91.1 Å². The minimum atomic E-state index is -3.60. The standard InChI is InChI=1S/C21H21ClN2O5S/c1-14-19(25)6-5-18-15(11-20(26)29-21(14)18)13-23-7-9-24(10-8-23)30(27,28)17-4-2-3-16(22)12-17/h2-6,11-12,25H,7-10,13H2,1H3. The van der Waals surface area contributed by atoms with Crippen LogP contribution in [0.15, 0.2) is 56.6 Å². The molecule has 0 atom stereocenters. The number of aryl methyl sites for hydroxylation is 1. The normalized spacial score (nSPS) is 16.2. The van der Waals surface area contributed by atoms with E-state index in [0.29, 0.717) is 48.9 Å². The van der Waals surface area contributed by atoms with E-state index in [2.05, 4.69) is 4.90 Å². The van der Waals surface area contributed by atoms with Gasteiger partial charge in [-0.3, -0.25) is 4.90 Å². The molecular formula is C21H21ClN2O5S. The van der Waals surface area contributed by atoms with E-state index in [9.17, 15) is 18.3 Å². The maximum atomic E-state index is 12.9. The largest absolute Gasteiger partial charge is 0.508 e. The molecule has 0 spiro atoms. The lowest BCUT2D eigenvalue weighted by Gasteiger charge is -2.34. The molecule has 2 heterocycles. The van der Waals surface area contributed by atoms with Gasteiger partial charge in [0, 0.05) is 54.8 Å². The zero-order valence-corrected chi connectivity index (χ0v) is 17.9. The quantitative estimate of drug-likeness (QED) is 0.617. The third-order valence-corrected chi connectivity index (χ3v) is 7.51. The molecule has 1 saturated heterocycles. The predicted octanol–water partition coefficient (Wildman–Crippen LogP) is 2.97. The van der Waals surface area contributed by atoms with Gasteiger partial charge in [-0.1, -0.05) is 17.7 Å². The molecule has 0 amide bonds. The van der Waals surface area contributed by atoms with Crippen molar-refractivity contribution in [1.82, 2.24) is 9.21 Å². The zero-order chi connectivity index (χ0) is 21.5. The van der Waals surface area contributed by atoms with Gasteiger partial charge in [-0.25, -0.2) is 13.2 Å². The second kappa shape index (κ2) is 8.03. The Balaban J connectivity index is 1.52. The molecule has 0 aliphatic carbocycles. The van der Waals surface area contributed by atoms with Crippen LogP contribution in [-0.2, 0) is 16.6 Å². The van der Waals surface area contributed by atoms with Crippen LogP contribution in [0, 0.1) is 6.92 Å². The van der Waals surface area contributed by atoms with Crippen molar-refractivity contribution in [3.05, 3.63) is 69.0 Å². The third kappa shape index (κ3) is 3.96. The molecule has 158 valence electrons. The van der Waals surface area contributed by atoms with Crippen LogP contribution in [0.3, 0.4) is 0 Å². The average molecular weight is 449 g/mol. The average Bonchev–Trinajstić information content (AvgIpc) is 2.71. The Hall–Kier alpha value is -2.39. The third-order valence-electron chi connectivity index (χ3n) is 5.38. The molecule has 0 unspecified atom stereocenters. The van der Waals surface area contributed by atoms with E-state index >= 15 is 0 Å². The van der Waals surface area contributed by atoms with Crippen LogP contribution in [0.2, 0.25) is 5.02 Å². The van der Waals surface area contributed by atoms with Crippen molar-refractivity contribution < 1.29 is 17.9 Å². The molecule has 1 fully saturated rings. The molecule has 1 N–H and O–H groups in total. The van der Waals surface area contributed by atoms with E-state index < -0.39 is 15.6 Å². The van der Waals surface area contributed by atoms with Crippen LogP contribution < -0.4 is 5.63 Å². The minimum Gasteiger partial charge on any atom is -0.508 e. The highest BCUT2D eigenvalue weighted by Crippen LogP contribution is 2.28. The van der Waals surface area contributed by atoms with Gasteiger partial charge in [0.1, 0.15) is 11.3 Å². The van der Waals surface area contributed by atoms with E-state index in [1.165, 1.54) is 16.4 Å². The summed E-state index contributed by atoms with van der Waals surface area (Å²) < 4.78 is 32.5. The molecular weight excluding hydrogens is 428 g/mol. The number of rotatable bonds is 4. The number of hydrogen-bond donors (Lipinski definition) is 1. The number of fused-ring (bicyclic) bond motifs is 1. The van der Waals surface area contributed by atoms with Gasteiger partial charge in [0.15, 0.2) is 0 Å². The highest BCUT2D eigenvalue weighted by Gasteiger charge is 2.29. The second-order valence-electron chi connectivity index (χ2n) is 7.31. The van der Waals surface area contributed by atoms with Crippen molar-refractivity contribution in [2.45, 2.75) is 18.4 Å². The SMILES string of the molecule is Cc1c(O)ccc2c(CN3CCN(S(=O)(=O)c4cccc(Cl)c4)CC3)cc(=O)oc12. The number of aromatic hydroxyl groups is 1. The van der Waals surface area contributed by atoms with Crippen molar-refractivity contribution in [3.63, 3.8) is 0 Å². The number of piperazine rings is 1. The van der Waals surface area contributed by atoms with E-state index in [1.54, 1.807) is 37.3 Å². The van der Waals surface area contributed by atoms with Gasteiger partial charge in [0.2, 0.25) is 10.0 Å². The number of hydrogen-bond acceptors (Lipinski definition) is 6. The molecule has 0 radical (unpaired) electrons. The van der Waals surface area contributed by atoms with Crippen LogP contribution in [-0.4, -0.2) is 48.9 Å². The van der Waals surface area contributed by atoms with Crippen LogP contribution in [0.5, 0.6) is 5.75 Å². The lowest BCUT2D eigenvalue weighted by Crippen LogP contribution is -2.48. The Morgan fingerprint density at radius 3 is 2.53 bits per heavy atom. The molecule has 7 nitrogen and oxygen atoms in total. The molecule has 0 bridgehead atoms. The summed E-state index contributed by atoms with van der Waals surface area (Å²) in [6.45, 7) is 3.92. The predicted molar refractivity (Wildman–Crippen MR) is 114 cm³/mol. The fraction of sp³-hybridized carbons (Fsp3) is 0.286. The van der Waals surface area contributed by atoms with Crippen LogP contribution in [0.1, 0.15) is 11.1 Å². The molecule has 30 heavy (non-hydrogen) atoms. The smallest absolute Gasteiger partial charge is 0.336 e. The Bertz CT molecular complexity index is 1260. The summed E-state index contributed by atoms with van der Waals surface area (Å²) in [5, 5.41) is 11.0. The number of phenols is 1.